The summed E-state index contributed by atoms with van der Waals surface area (Å²) in [7, 11) is 0. The molecule has 25 heavy (non-hydrogen) atoms. The third kappa shape index (κ3) is 3.23. The standard InChI is InChI=1S/C19H14BrN3OS/c1-12-11-25-19-22-17(10-23(12)19)14-3-2-4-16(9-14)21-18(24)13-5-7-15(20)8-6-13/h2-11H,1H3,(H,21,24). The lowest BCUT2D eigenvalue weighted by Crippen LogP contribution is -2.11. The van der Waals surface area contributed by atoms with Gasteiger partial charge in [-0.15, -0.1) is 11.3 Å². The van der Waals surface area contributed by atoms with Crippen LogP contribution >= 0.6 is 27.3 Å². The Morgan fingerprint density at radius 1 is 1.20 bits per heavy atom. The van der Waals surface area contributed by atoms with E-state index >= 15 is 0 Å². The van der Waals surface area contributed by atoms with Crippen LogP contribution in [0.25, 0.3) is 16.2 Å². The molecule has 1 N–H and O–H groups in total. The smallest absolute Gasteiger partial charge is 0.255 e. The molecular weight excluding hydrogens is 398 g/mol. The number of fused-ring (bicyclic) bond motifs is 1. The Balaban J connectivity index is 1.60. The van der Waals surface area contributed by atoms with E-state index in [1.165, 1.54) is 5.69 Å². The van der Waals surface area contributed by atoms with Crippen LogP contribution in [-0.2, 0) is 0 Å². The van der Waals surface area contributed by atoms with E-state index in [2.05, 4.69) is 42.9 Å². The van der Waals surface area contributed by atoms with Crippen molar-refractivity contribution in [1.82, 2.24) is 9.38 Å². The Morgan fingerprint density at radius 3 is 2.76 bits per heavy atom. The van der Waals surface area contributed by atoms with E-state index in [1.807, 2.05) is 42.6 Å². The molecule has 4 rings (SSSR count). The number of imidazole rings is 1. The molecule has 0 saturated carbocycles. The second kappa shape index (κ2) is 6.46. The molecule has 0 aliphatic heterocycles. The summed E-state index contributed by atoms with van der Waals surface area (Å²) in [6, 6.07) is 15.0. The molecule has 0 saturated heterocycles. The van der Waals surface area contributed by atoms with Gasteiger partial charge in [-0.05, 0) is 43.3 Å². The first-order chi connectivity index (χ1) is 12.1. The van der Waals surface area contributed by atoms with E-state index in [-0.39, 0.29) is 5.91 Å². The number of nitrogens with one attached hydrogen (secondary N) is 1. The van der Waals surface area contributed by atoms with Gasteiger partial charge in [0.15, 0.2) is 4.96 Å². The number of nitrogens with zero attached hydrogens (tertiary/aromatic N) is 2. The van der Waals surface area contributed by atoms with Crippen molar-refractivity contribution in [3.05, 3.63) is 75.8 Å². The predicted molar refractivity (Wildman–Crippen MR) is 105 cm³/mol. The molecule has 0 spiro atoms. The van der Waals surface area contributed by atoms with Crippen molar-refractivity contribution in [3.63, 3.8) is 0 Å². The fourth-order valence-corrected chi connectivity index (χ4v) is 3.71. The van der Waals surface area contributed by atoms with Crippen molar-refractivity contribution in [2.24, 2.45) is 0 Å². The second-order valence-electron chi connectivity index (χ2n) is 5.70. The van der Waals surface area contributed by atoms with E-state index in [0.717, 1.165) is 26.4 Å². The molecule has 2 aromatic carbocycles. The summed E-state index contributed by atoms with van der Waals surface area (Å²) in [6.45, 7) is 2.06. The maximum absolute atomic E-state index is 12.4. The molecule has 4 nitrogen and oxygen atoms in total. The van der Waals surface area contributed by atoms with Gasteiger partial charge in [0.2, 0.25) is 0 Å². The van der Waals surface area contributed by atoms with Crippen LogP contribution in [0.5, 0.6) is 0 Å². The minimum absolute atomic E-state index is 0.133. The van der Waals surface area contributed by atoms with E-state index < -0.39 is 0 Å². The number of hydrogen-bond donors (Lipinski definition) is 1. The minimum atomic E-state index is -0.133. The number of carbonyl (C=O) groups is 1. The third-order valence-electron chi connectivity index (χ3n) is 3.91. The summed E-state index contributed by atoms with van der Waals surface area (Å²) in [5.41, 5.74) is 4.40. The van der Waals surface area contributed by atoms with Crippen LogP contribution < -0.4 is 5.32 Å². The SMILES string of the molecule is Cc1csc2nc(-c3cccc(NC(=O)c4ccc(Br)cc4)c3)cn12. The van der Waals surface area contributed by atoms with E-state index in [9.17, 15) is 4.79 Å². The van der Waals surface area contributed by atoms with Crippen LogP contribution in [0.1, 0.15) is 16.1 Å². The third-order valence-corrected chi connectivity index (χ3v) is 5.40. The van der Waals surface area contributed by atoms with Crippen molar-refractivity contribution in [2.45, 2.75) is 6.92 Å². The molecule has 0 aliphatic carbocycles. The maximum Gasteiger partial charge on any atom is 0.255 e. The Morgan fingerprint density at radius 2 is 2.00 bits per heavy atom. The summed E-state index contributed by atoms with van der Waals surface area (Å²) in [5.74, 6) is -0.133. The first-order valence-electron chi connectivity index (χ1n) is 7.71. The van der Waals surface area contributed by atoms with Crippen molar-refractivity contribution in [1.29, 1.82) is 0 Å². The summed E-state index contributed by atoms with van der Waals surface area (Å²) in [4.78, 5) is 18.0. The van der Waals surface area contributed by atoms with Crippen LogP contribution in [0.15, 0.2) is 64.6 Å². The summed E-state index contributed by atoms with van der Waals surface area (Å²) in [5, 5.41) is 5.02. The molecule has 0 radical (unpaired) electrons. The van der Waals surface area contributed by atoms with Crippen molar-refractivity contribution >= 4 is 43.8 Å². The molecule has 0 atom stereocenters. The molecule has 6 heteroatoms. The van der Waals surface area contributed by atoms with Gasteiger partial charge in [-0.2, -0.15) is 0 Å². The van der Waals surface area contributed by atoms with Crippen molar-refractivity contribution in [3.8, 4) is 11.3 Å². The zero-order valence-corrected chi connectivity index (χ0v) is 15.8. The van der Waals surface area contributed by atoms with Crippen LogP contribution in [0, 0.1) is 6.92 Å². The van der Waals surface area contributed by atoms with Gasteiger partial charge in [0.05, 0.1) is 5.69 Å². The van der Waals surface area contributed by atoms with E-state index in [4.69, 9.17) is 0 Å². The fraction of sp³-hybridized carbons (Fsp3) is 0.0526. The highest BCUT2D eigenvalue weighted by Crippen LogP contribution is 2.25. The number of amides is 1. The highest BCUT2D eigenvalue weighted by molar-refractivity contribution is 9.10. The Labute approximate surface area is 157 Å². The lowest BCUT2D eigenvalue weighted by molar-refractivity contribution is 0.102. The van der Waals surface area contributed by atoms with Gasteiger partial charge in [0.1, 0.15) is 0 Å². The van der Waals surface area contributed by atoms with Crippen molar-refractivity contribution < 1.29 is 4.79 Å². The number of carbonyl (C=O) groups excluding carboxylic acids is 1. The highest BCUT2D eigenvalue weighted by atomic mass is 79.9. The number of hydrogen-bond acceptors (Lipinski definition) is 3. The Kier molecular flexibility index (Phi) is 4.15. The van der Waals surface area contributed by atoms with Gasteiger partial charge in [-0.1, -0.05) is 28.1 Å². The average Bonchev–Trinajstić information content (AvgIpc) is 3.18. The molecule has 4 aromatic rings. The van der Waals surface area contributed by atoms with Crippen LogP contribution in [0.3, 0.4) is 0 Å². The zero-order valence-electron chi connectivity index (χ0n) is 13.4. The van der Waals surface area contributed by atoms with Gasteiger partial charge < -0.3 is 5.32 Å². The lowest BCUT2D eigenvalue weighted by atomic mass is 10.1. The summed E-state index contributed by atoms with van der Waals surface area (Å²) >= 11 is 4.99. The van der Waals surface area contributed by atoms with E-state index in [0.29, 0.717) is 5.56 Å². The zero-order chi connectivity index (χ0) is 17.4. The number of anilines is 1. The lowest BCUT2D eigenvalue weighted by Gasteiger charge is -2.07. The highest BCUT2D eigenvalue weighted by Gasteiger charge is 2.10. The molecule has 2 aromatic heterocycles. The molecule has 1 amide bonds. The van der Waals surface area contributed by atoms with Crippen LogP contribution in [0.2, 0.25) is 0 Å². The number of aromatic nitrogens is 2. The maximum atomic E-state index is 12.4. The average molecular weight is 412 g/mol. The normalized spacial score (nSPS) is 11.0. The number of aryl methyl sites for hydroxylation is 1. The summed E-state index contributed by atoms with van der Waals surface area (Å²) in [6.07, 6.45) is 2.02. The topological polar surface area (TPSA) is 46.4 Å². The van der Waals surface area contributed by atoms with Gasteiger partial charge in [0, 0.05) is 38.6 Å². The predicted octanol–water partition coefficient (Wildman–Crippen LogP) is 5.39. The van der Waals surface area contributed by atoms with Gasteiger partial charge in [-0.25, -0.2) is 4.98 Å². The minimum Gasteiger partial charge on any atom is -0.322 e. The molecule has 0 unspecified atom stereocenters. The fourth-order valence-electron chi connectivity index (χ4n) is 2.59. The molecule has 0 bridgehead atoms. The molecule has 124 valence electrons. The molecule has 0 fully saturated rings. The monoisotopic (exact) mass is 411 g/mol. The van der Waals surface area contributed by atoms with Crippen molar-refractivity contribution in [2.75, 3.05) is 5.32 Å². The second-order valence-corrected chi connectivity index (χ2v) is 7.45. The van der Waals surface area contributed by atoms with E-state index in [1.54, 1.807) is 23.5 Å². The molecular formula is C19H14BrN3OS. The van der Waals surface area contributed by atoms with Crippen LogP contribution in [-0.4, -0.2) is 15.3 Å². The number of halogens is 1. The number of rotatable bonds is 3. The van der Waals surface area contributed by atoms with Gasteiger partial charge in [-0.3, -0.25) is 9.20 Å². The summed E-state index contributed by atoms with van der Waals surface area (Å²) < 4.78 is 3.02. The Bertz CT molecular complexity index is 1070. The number of thiazole rings is 1. The first kappa shape index (κ1) is 16.1. The quantitative estimate of drug-likeness (QED) is 0.491. The van der Waals surface area contributed by atoms with Crippen LogP contribution in [0.4, 0.5) is 5.69 Å². The molecule has 0 aliphatic rings. The molecule has 2 heterocycles. The van der Waals surface area contributed by atoms with Gasteiger partial charge in [0.25, 0.3) is 5.91 Å². The van der Waals surface area contributed by atoms with Gasteiger partial charge >= 0.3 is 0 Å². The largest absolute Gasteiger partial charge is 0.322 e. The number of benzene rings is 2. The Hall–Kier alpha value is -2.44. The first-order valence-corrected chi connectivity index (χ1v) is 9.38.